The fraction of sp³-hybridized carbons (Fsp3) is 0.364. The third-order valence-electron chi connectivity index (χ3n) is 2.89. The van der Waals surface area contributed by atoms with Crippen molar-refractivity contribution in [2.75, 3.05) is 5.73 Å². The van der Waals surface area contributed by atoms with E-state index in [-0.39, 0.29) is 29.0 Å². The minimum atomic E-state index is -0.525. The average Bonchev–Trinajstić information content (AvgIpc) is 2.34. The van der Waals surface area contributed by atoms with Crippen LogP contribution >= 0.6 is 0 Å². The smallest absolute Gasteiger partial charge is 0.332 e. The zero-order chi connectivity index (χ0) is 13.4. The number of anilines is 1. The number of hydrogen-bond acceptors (Lipinski definition) is 5. The maximum Gasteiger partial charge on any atom is 0.332 e. The highest BCUT2D eigenvalue weighted by atomic mass is 16.3. The maximum absolute atomic E-state index is 12.1. The quantitative estimate of drug-likeness (QED) is 0.773. The Labute approximate surface area is 102 Å². The van der Waals surface area contributed by atoms with Crippen molar-refractivity contribution in [3.8, 4) is 5.75 Å². The van der Waals surface area contributed by atoms with Crippen LogP contribution in [0.4, 0.5) is 5.69 Å². The molecule has 0 spiro atoms. The zero-order valence-corrected chi connectivity index (χ0v) is 10.2. The first kappa shape index (κ1) is 12.2. The lowest BCUT2D eigenvalue weighted by molar-refractivity contribution is 0.475. The minimum Gasteiger partial charge on any atom is -0.504 e. The molecule has 0 radical (unpaired) electrons. The van der Waals surface area contributed by atoms with Gasteiger partial charge < -0.3 is 10.8 Å². The van der Waals surface area contributed by atoms with Gasteiger partial charge >= 0.3 is 5.69 Å². The Bertz CT molecular complexity index is 730. The summed E-state index contributed by atoms with van der Waals surface area (Å²) in [5.74, 6) is -0.261. The normalized spacial score (nSPS) is 11.0. The van der Waals surface area contributed by atoms with Gasteiger partial charge in [-0.2, -0.15) is 0 Å². The molecule has 0 atom stereocenters. The van der Waals surface area contributed by atoms with Crippen molar-refractivity contribution in [3.63, 3.8) is 0 Å². The first-order valence-electron chi connectivity index (χ1n) is 5.63. The molecule has 7 heteroatoms. The van der Waals surface area contributed by atoms with E-state index in [1.807, 2.05) is 0 Å². The van der Waals surface area contributed by atoms with Crippen molar-refractivity contribution in [2.24, 2.45) is 0 Å². The molecule has 2 rings (SSSR count). The van der Waals surface area contributed by atoms with Gasteiger partial charge in [0.25, 0.3) is 5.56 Å². The highest BCUT2D eigenvalue weighted by Gasteiger charge is 2.16. The molecule has 18 heavy (non-hydrogen) atoms. The van der Waals surface area contributed by atoms with Crippen molar-refractivity contribution < 1.29 is 5.11 Å². The van der Waals surface area contributed by atoms with Crippen LogP contribution in [0.15, 0.2) is 15.8 Å². The predicted octanol–water partition coefficient (Wildman–Crippen LogP) is -0.114. The minimum absolute atomic E-state index is 0.0469. The van der Waals surface area contributed by atoms with E-state index in [2.05, 4.69) is 4.98 Å². The maximum atomic E-state index is 12.1. The van der Waals surface area contributed by atoms with E-state index in [9.17, 15) is 14.7 Å². The summed E-state index contributed by atoms with van der Waals surface area (Å²) in [4.78, 5) is 28.1. The summed E-state index contributed by atoms with van der Waals surface area (Å²) >= 11 is 0. The number of rotatable bonds is 2. The first-order chi connectivity index (χ1) is 8.52. The van der Waals surface area contributed by atoms with Gasteiger partial charge in [-0.1, -0.05) is 0 Å². The fourth-order valence-corrected chi connectivity index (χ4v) is 1.94. The van der Waals surface area contributed by atoms with E-state index in [0.717, 1.165) is 10.8 Å². The molecule has 0 aliphatic carbocycles. The van der Waals surface area contributed by atoms with Gasteiger partial charge in [0.1, 0.15) is 5.39 Å². The molecule has 0 aliphatic rings. The number of aryl methyl sites for hydroxylation is 1. The molecule has 0 amide bonds. The summed E-state index contributed by atoms with van der Waals surface area (Å²) in [5, 5.41) is 9.60. The van der Waals surface area contributed by atoms with Crippen LogP contribution in [0.2, 0.25) is 0 Å². The van der Waals surface area contributed by atoms with Crippen LogP contribution in [0.3, 0.4) is 0 Å². The molecule has 0 aromatic carbocycles. The van der Waals surface area contributed by atoms with E-state index in [4.69, 9.17) is 5.73 Å². The largest absolute Gasteiger partial charge is 0.504 e. The summed E-state index contributed by atoms with van der Waals surface area (Å²) in [6.45, 7) is 4.08. The molecule has 2 heterocycles. The second-order valence-electron chi connectivity index (χ2n) is 3.83. The summed E-state index contributed by atoms with van der Waals surface area (Å²) in [7, 11) is 0. The Balaban J connectivity index is 3.15. The van der Waals surface area contributed by atoms with Gasteiger partial charge in [-0.25, -0.2) is 9.78 Å². The van der Waals surface area contributed by atoms with Crippen LogP contribution in [-0.2, 0) is 13.1 Å². The number of hydrogen-bond donors (Lipinski definition) is 2. The molecule has 0 bridgehead atoms. The third kappa shape index (κ3) is 1.47. The molecule has 7 nitrogen and oxygen atoms in total. The van der Waals surface area contributed by atoms with Gasteiger partial charge in [-0.3, -0.25) is 13.9 Å². The van der Waals surface area contributed by atoms with Crippen molar-refractivity contribution in [1.29, 1.82) is 0 Å². The number of aromatic hydroxyl groups is 1. The zero-order valence-electron chi connectivity index (χ0n) is 10.2. The van der Waals surface area contributed by atoms with Gasteiger partial charge in [0.15, 0.2) is 11.4 Å². The fourth-order valence-electron chi connectivity index (χ4n) is 1.94. The number of fused-ring (bicyclic) bond motifs is 1. The van der Waals surface area contributed by atoms with Crippen LogP contribution in [0.25, 0.3) is 11.0 Å². The van der Waals surface area contributed by atoms with Gasteiger partial charge in [-0.05, 0) is 13.8 Å². The molecule has 3 N–H and O–H groups in total. The number of aromatic nitrogens is 3. The van der Waals surface area contributed by atoms with Crippen LogP contribution in [0.5, 0.6) is 5.75 Å². The topological polar surface area (TPSA) is 103 Å². The van der Waals surface area contributed by atoms with Gasteiger partial charge in [0.05, 0.1) is 11.9 Å². The van der Waals surface area contributed by atoms with Crippen molar-refractivity contribution in [2.45, 2.75) is 26.9 Å². The Morgan fingerprint density at radius 2 is 1.89 bits per heavy atom. The van der Waals surface area contributed by atoms with Crippen LogP contribution in [0.1, 0.15) is 13.8 Å². The van der Waals surface area contributed by atoms with Crippen LogP contribution in [-0.4, -0.2) is 19.2 Å². The van der Waals surface area contributed by atoms with E-state index < -0.39 is 11.2 Å². The molecular weight excluding hydrogens is 236 g/mol. The number of nitrogens with zero attached hydrogens (tertiary/aromatic N) is 3. The number of pyridine rings is 1. The Kier molecular flexibility index (Phi) is 2.82. The summed E-state index contributed by atoms with van der Waals surface area (Å²) in [5.41, 5.74) is 4.91. The van der Waals surface area contributed by atoms with E-state index in [1.54, 1.807) is 13.8 Å². The van der Waals surface area contributed by atoms with Crippen molar-refractivity contribution in [1.82, 2.24) is 14.1 Å². The molecule has 0 fully saturated rings. The second-order valence-corrected chi connectivity index (χ2v) is 3.83. The lowest BCUT2D eigenvalue weighted by Crippen LogP contribution is -2.40. The number of nitrogens with two attached hydrogens (primary N) is 1. The second kappa shape index (κ2) is 4.17. The van der Waals surface area contributed by atoms with Crippen LogP contribution < -0.4 is 17.0 Å². The van der Waals surface area contributed by atoms with Crippen molar-refractivity contribution >= 4 is 16.7 Å². The van der Waals surface area contributed by atoms with E-state index in [0.29, 0.717) is 6.54 Å². The highest BCUT2D eigenvalue weighted by Crippen LogP contribution is 2.23. The average molecular weight is 250 g/mol. The molecule has 0 saturated heterocycles. The standard InChI is InChI=1S/C11H14N4O3/c1-3-14-9-7(8(12)6(16)5-13-9)10(17)15(4-2)11(14)18/h5,16H,3-4H2,1-2H3,(H2,12,13). The molecule has 0 saturated carbocycles. The molecule has 0 unspecified atom stereocenters. The van der Waals surface area contributed by atoms with Gasteiger partial charge in [-0.15, -0.1) is 0 Å². The lowest BCUT2D eigenvalue weighted by Gasteiger charge is -2.12. The van der Waals surface area contributed by atoms with Gasteiger partial charge in [0.2, 0.25) is 0 Å². The number of nitrogen functional groups attached to an aromatic ring is 1. The molecule has 2 aromatic rings. The summed E-state index contributed by atoms with van der Waals surface area (Å²) in [6, 6.07) is 0. The van der Waals surface area contributed by atoms with Gasteiger partial charge in [0, 0.05) is 13.1 Å². The molecule has 0 aliphatic heterocycles. The first-order valence-corrected chi connectivity index (χ1v) is 5.63. The van der Waals surface area contributed by atoms with Crippen LogP contribution in [0, 0.1) is 0 Å². The van der Waals surface area contributed by atoms with E-state index in [1.165, 1.54) is 4.57 Å². The summed E-state index contributed by atoms with van der Waals surface area (Å²) in [6.07, 6.45) is 1.14. The van der Waals surface area contributed by atoms with E-state index >= 15 is 0 Å². The monoisotopic (exact) mass is 250 g/mol. The van der Waals surface area contributed by atoms with Crippen molar-refractivity contribution in [3.05, 3.63) is 27.0 Å². The predicted molar refractivity (Wildman–Crippen MR) is 67.7 cm³/mol. The third-order valence-corrected chi connectivity index (χ3v) is 2.89. The lowest BCUT2D eigenvalue weighted by atomic mass is 10.2. The highest BCUT2D eigenvalue weighted by molar-refractivity contribution is 5.89. The molecule has 2 aromatic heterocycles. The Morgan fingerprint density at radius 3 is 2.44 bits per heavy atom. The molecular formula is C11H14N4O3. The summed E-state index contributed by atoms with van der Waals surface area (Å²) < 4.78 is 2.43. The Hall–Kier alpha value is -2.31. The molecule has 96 valence electrons. The SMILES string of the molecule is CCn1c(=O)c2c(N)c(O)cnc2n(CC)c1=O. The Morgan fingerprint density at radius 1 is 1.28 bits per heavy atom.